The van der Waals surface area contributed by atoms with Gasteiger partial charge in [-0.2, -0.15) is 0 Å². The molecule has 2 heteroatoms. The second kappa shape index (κ2) is 7.79. The topological polar surface area (TPSA) is 29.1 Å². The van der Waals surface area contributed by atoms with Crippen LogP contribution >= 0.6 is 0 Å². The lowest BCUT2D eigenvalue weighted by Crippen LogP contribution is -2.26. The predicted octanol–water partition coefficient (Wildman–Crippen LogP) is 5.72. The van der Waals surface area contributed by atoms with Crippen LogP contribution in [-0.4, -0.2) is 5.91 Å². The van der Waals surface area contributed by atoms with Gasteiger partial charge in [0.1, 0.15) is 0 Å². The molecular weight excluding hydrogens is 330 g/mol. The SMILES string of the molecule is CC(NC(=O)c1ccc(-c2ccccc2)cc1)c1ccc2c(c1)CCCC2. The van der Waals surface area contributed by atoms with Crippen LogP contribution in [0.15, 0.2) is 72.8 Å². The molecule has 136 valence electrons. The zero-order valence-corrected chi connectivity index (χ0v) is 15.7. The Morgan fingerprint density at radius 1 is 0.815 bits per heavy atom. The summed E-state index contributed by atoms with van der Waals surface area (Å²) in [7, 11) is 0. The van der Waals surface area contributed by atoms with Crippen LogP contribution < -0.4 is 5.32 Å². The van der Waals surface area contributed by atoms with Gasteiger partial charge in [0.05, 0.1) is 6.04 Å². The van der Waals surface area contributed by atoms with Gasteiger partial charge in [0, 0.05) is 5.56 Å². The molecule has 4 rings (SSSR count). The molecule has 0 bridgehead atoms. The summed E-state index contributed by atoms with van der Waals surface area (Å²) < 4.78 is 0. The first-order chi connectivity index (χ1) is 13.2. The summed E-state index contributed by atoms with van der Waals surface area (Å²) in [6.45, 7) is 2.06. The van der Waals surface area contributed by atoms with Gasteiger partial charge in [-0.05, 0) is 72.6 Å². The molecule has 1 atom stereocenters. The first kappa shape index (κ1) is 17.5. The number of aryl methyl sites for hydroxylation is 2. The Balaban J connectivity index is 1.45. The number of carbonyl (C=O) groups is 1. The average molecular weight is 355 g/mol. The summed E-state index contributed by atoms with van der Waals surface area (Å²) >= 11 is 0. The van der Waals surface area contributed by atoms with E-state index in [2.05, 4.69) is 42.6 Å². The van der Waals surface area contributed by atoms with Gasteiger partial charge < -0.3 is 5.32 Å². The monoisotopic (exact) mass is 355 g/mol. The zero-order chi connectivity index (χ0) is 18.6. The van der Waals surface area contributed by atoms with Gasteiger partial charge in [-0.1, -0.05) is 60.7 Å². The summed E-state index contributed by atoms with van der Waals surface area (Å²) in [4.78, 5) is 12.7. The van der Waals surface area contributed by atoms with Crippen molar-refractivity contribution in [1.29, 1.82) is 0 Å². The lowest BCUT2D eigenvalue weighted by atomic mass is 9.89. The fourth-order valence-corrected chi connectivity index (χ4v) is 3.83. The molecule has 1 unspecified atom stereocenters. The first-order valence-electron chi connectivity index (χ1n) is 9.79. The van der Waals surface area contributed by atoms with Crippen LogP contribution in [0.25, 0.3) is 11.1 Å². The van der Waals surface area contributed by atoms with Crippen molar-refractivity contribution < 1.29 is 4.79 Å². The van der Waals surface area contributed by atoms with Crippen LogP contribution in [0.1, 0.15) is 52.9 Å². The maximum atomic E-state index is 12.7. The van der Waals surface area contributed by atoms with E-state index in [-0.39, 0.29) is 11.9 Å². The van der Waals surface area contributed by atoms with Crippen molar-refractivity contribution in [3.05, 3.63) is 95.1 Å². The van der Waals surface area contributed by atoms with Crippen LogP contribution in [0, 0.1) is 0 Å². The largest absolute Gasteiger partial charge is 0.346 e. The molecule has 0 heterocycles. The first-order valence-corrected chi connectivity index (χ1v) is 9.79. The van der Waals surface area contributed by atoms with E-state index in [1.807, 2.05) is 42.5 Å². The van der Waals surface area contributed by atoms with Crippen molar-refractivity contribution in [3.8, 4) is 11.1 Å². The molecule has 1 amide bonds. The van der Waals surface area contributed by atoms with Crippen molar-refractivity contribution in [1.82, 2.24) is 5.32 Å². The van der Waals surface area contributed by atoms with Crippen LogP contribution in [0.2, 0.25) is 0 Å². The Kier molecular flexibility index (Phi) is 5.06. The number of amides is 1. The molecule has 1 N–H and O–H groups in total. The van der Waals surface area contributed by atoms with Gasteiger partial charge in [-0.15, -0.1) is 0 Å². The van der Waals surface area contributed by atoms with E-state index in [1.165, 1.54) is 36.0 Å². The van der Waals surface area contributed by atoms with Crippen LogP contribution in [-0.2, 0) is 12.8 Å². The minimum absolute atomic E-state index is 0.00136. The van der Waals surface area contributed by atoms with Gasteiger partial charge >= 0.3 is 0 Å². The van der Waals surface area contributed by atoms with Crippen molar-refractivity contribution in [3.63, 3.8) is 0 Å². The zero-order valence-electron chi connectivity index (χ0n) is 15.7. The third kappa shape index (κ3) is 3.95. The lowest BCUT2D eigenvalue weighted by Gasteiger charge is -2.20. The molecule has 1 aliphatic carbocycles. The van der Waals surface area contributed by atoms with E-state index in [0.29, 0.717) is 5.56 Å². The van der Waals surface area contributed by atoms with Crippen molar-refractivity contribution in [2.75, 3.05) is 0 Å². The third-order valence-electron chi connectivity index (χ3n) is 5.47. The van der Waals surface area contributed by atoms with E-state index in [0.717, 1.165) is 17.5 Å². The smallest absolute Gasteiger partial charge is 0.251 e. The number of carbonyl (C=O) groups excluding carboxylic acids is 1. The Morgan fingerprint density at radius 2 is 1.48 bits per heavy atom. The van der Waals surface area contributed by atoms with Gasteiger partial charge in [0.15, 0.2) is 0 Å². The van der Waals surface area contributed by atoms with Gasteiger partial charge in [-0.3, -0.25) is 4.79 Å². The molecule has 0 saturated heterocycles. The van der Waals surface area contributed by atoms with E-state index in [1.54, 1.807) is 0 Å². The normalized spacial score (nSPS) is 14.3. The van der Waals surface area contributed by atoms with E-state index < -0.39 is 0 Å². The molecule has 0 radical (unpaired) electrons. The molecule has 27 heavy (non-hydrogen) atoms. The number of rotatable bonds is 4. The van der Waals surface area contributed by atoms with E-state index in [9.17, 15) is 4.79 Å². The molecule has 0 spiro atoms. The highest BCUT2D eigenvalue weighted by molar-refractivity contribution is 5.95. The summed E-state index contributed by atoms with van der Waals surface area (Å²) in [5.74, 6) is -0.0279. The molecule has 0 saturated carbocycles. The number of fused-ring (bicyclic) bond motifs is 1. The molecule has 0 fully saturated rings. The second-order valence-electron chi connectivity index (χ2n) is 7.37. The molecule has 0 aromatic heterocycles. The maximum absolute atomic E-state index is 12.7. The summed E-state index contributed by atoms with van der Waals surface area (Å²) in [5.41, 5.74) is 7.08. The highest BCUT2D eigenvalue weighted by Crippen LogP contribution is 2.25. The number of hydrogen-bond acceptors (Lipinski definition) is 1. The Labute approximate surface area is 161 Å². The van der Waals surface area contributed by atoms with Crippen LogP contribution in [0.3, 0.4) is 0 Å². The van der Waals surface area contributed by atoms with E-state index >= 15 is 0 Å². The summed E-state index contributed by atoms with van der Waals surface area (Å²) in [6.07, 6.45) is 4.90. The highest BCUT2D eigenvalue weighted by atomic mass is 16.1. The van der Waals surface area contributed by atoms with Crippen molar-refractivity contribution in [2.24, 2.45) is 0 Å². The number of benzene rings is 3. The minimum atomic E-state index is -0.0279. The quantitative estimate of drug-likeness (QED) is 0.637. The fourth-order valence-electron chi connectivity index (χ4n) is 3.83. The lowest BCUT2D eigenvalue weighted by molar-refractivity contribution is 0.0940. The Hall–Kier alpha value is -2.87. The molecular formula is C25H25NO. The Bertz CT molecular complexity index is 928. The molecule has 0 aliphatic heterocycles. The molecule has 1 aliphatic rings. The van der Waals surface area contributed by atoms with Crippen LogP contribution in [0.5, 0.6) is 0 Å². The van der Waals surface area contributed by atoms with Crippen molar-refractivity contribution >= 4 is 5.91 Å². The summed E-state index contributed by atoms with van der Waals surface area (Å²) in [5, 5.41) is 3.14. The number of hydrogen-bond donors (Lipinski definition) is 1. The molecule has 3 aromatic rings. The van der Waals surface area contributed by atoms with Gasteiger partial charge in [0.25, 0.3) is 5.91 Å². The second-order valence-corrected chi connectivity index (χ2v) is 7.37. The fraction of sp³-hybridized carbons (Fsp3) is 0.240. The third-order valence-corrected chi connectivity index (χ3v) is 5.47. The van der Waals surface area contributed by atoms with E-state index in [4.69, 9.17) is 0 Å². The van der Waals surface area contributed by atoms with Crippen LogP contribution in [0.4, 0.5) is 0 Å². The maximum Gasteiger partial charge on any atom is 0.251 e. The van der Waals surface area contributed by atoms with Gasteiger partial charge in [0.2, 0.25) is 0 Å². The minimum Gasteiger partial charge on any atom is -0.346 e. The summed E-state index contributed by atoms with van der Waals surface area (Å²) in [6, 6.07) is 24.7. The predicted molar refractivity (Wildman–Crippen MR) is 111 cm³/mol. The van der Waals surface area contributed by atoms with Gasteiger partial charge in [-0.25, -0.2) is 0 Å². The van der Waals surface area contributed by atoms with Crippen molar-refractivity contribution in [2.45, 2.75) is 38.6 Å². The molecule has 3 aromatic carbocycles. The highest BCUT2D eigenvalue weighted by Gasteiger charge is 2.15. The Morgan fingerprint density at radius 3 is 2.22 bits per heavy atom. The standard InChI is InChI=1S/C25H25NO/c1-18(23-16-13-20-9-5-6-10-24(20)17-23)26-25(27)22-14-11-21(12-15-22)19-7-3-2-4-8-19/h2-4,7-8,11-18H,5-6,9-10H2,1H3,(H,26,27). The number of nitrogens with one attached hydrogen (secondary N) is 1. The average Bonchev–Trinajstić information content (AvgIpc) is 2.74. The molecule has 2 nitrogen and oxygen atoms in total.